The van der Waals surface area contributed by atoms with Gasteiger partial charge in [0.25, 0.3) is 0 Å². The molecule has 4 heteroatoms. The Balaban J connectivity index is 0.000000199. The topological polar surface area (TPSA) is 0 Å². The van der Waals surface area contributed by atoms with Crippen LogP contribution in [0.1, 0.15) is 29.5 Å². The molecule has 28 heavy (non-hydrogen) atoms. The molecule has 0 saturated heterocycles. The van der Waals surface area contributed by atoms with Gasteiger partial charge in [-0.3, -0.25) is 0 Å². The van der Waals surface area contributed by atoms with Crippen LogP contribution in [-0.2, 0) is 33.7 Å². The van der Waals surface area contributed by atoms with Crippen LogP contribution in [0.5, 0.6) is 0 Å². The average Bonchev–Trinajstić information content (AvgIpc) is 3.33. The summed E-state index contributed by atoms with van der Waals surface area (Å²) in [5.74, 6) is 0. The molecule has 0 aromatic heterocycles. The fraction of sp³-hybridized carbons (Fsp3) is 0.333. The first-order chi connectivity index (χ1) is 13.3. The normalized spacial score (nSPS) is 12.6. The van der Waals surface area contributed by atoms with Crippen molar-refractivity contribution in [2.24, 2.45) is 0 Å². The molecule has 3 aromatic carbocycles. The minimum absolute atomic E-state index is 0.826. The number of aryl methyl sites for hydroxylation is 3. The van der Waals surface area contributed by atoms with Crippen molar-refractivity contribution < 1.29 is 20.8 Å². The van der Waals surface area contributed by atoms with E-state index in [2.05, 4.69) is 87.2 Å². The summed E-state index contributed by atoms with van der Waals surface area (Å²) in [7, 11) is 8.89. The zero-order valence-electron chi connectivity index (χ0n) is 17.4. The van der Waals surface area contributed by atoms with Gasteiger partial charge in [-0.1, -0.05) is 68.7 Å². The number of hydrogen-bond acceptors (Lipinski definition) is 0. The molecule has 0 bridgehead atoms. The van der Waals surface area contributed by atoms with Crippen LogP contribution in [0.2, 0.25) is 19.6 Å². The standard InChI is InChI=1S/C16H17.C8H13Si.2ClH.Zr/c1-12-6-8-13(9-7-12)16-10-14-4-2-3-5-15(14)11-16;1-9(2,3)8-6-4-5-7-8;;;/h6-11H,2-5H2,1H3;4-7H,1-3H3;2*1H;/q2*-1;;;+4/p-2. The quantitative estimate of drug-likeness (QED) is 0.247. The molecule has 0 heterocycles. The number of fused-ring (bicyclic) bond motifs is 1. The van der Waals surface area contributed by atoms with Crippen LogP contribution in [0.15, 0.2) is 60.7 Å². The predicted octanol–water partition coefficient (Wildman–Crippen LogP) is 7.59. The Morgan fingerprint density at radius 2 is 1.61 bits per heavy atom. The van der Waals surface area contributed by atoms with E-state index in [0.717, 1.165) is 0 Å². The number of halogens is 2. The summed E-state index contributed by atoms with van der Waals surface area (Å²) in [6.07, 6.45) is 5.29. The molecule has 148 valence electrons. The van der Waals surface area contributed by atoms with Crippen LogP contribution < -0.4 is 5.19 Å². The molecule has 0 atom stereocenters. The molecule has 0 saturated carbocycles. The van der Waals surface area contributed by atoms with Gasteiger partial charge in [-0.2, -0.15) is 29.8 Å². The molecule has 0 fully saturated rings. The van der Waals surface area contributed by atoms with Gasteiger partial charge in [-0.15, -0.1) is 22.8 Å². The Morgan fingerprint density at radius 1 is 0.964 bits per heavy atom. The molecule has 0 unspecified atom stereocenters. The zero-order chi connectivity index (χ0) is 20.6. The van der Waals surface area contributed by atoms with Gasteiger partial charge in [-0.25, -0.2) is 11.3 Å². The van der Waals surface area contributed by atoms with E-state index in [0.29, 0.717) is 0 Å². The molecule has 1 aliphatic carbocycles. The molecule has 0 aliphatic heterocycles. The Hall–Kier alpha value is -0.400. The summed E-state index contributed by atoms with van der Waals surface area (Å²) in [5, 5.41) is 1.56. The molecule has 0 N–H and O–H groups in total. The molecule has 3 aromatic rings. The van der Waals surface area contributed by atoms with Crippen molar-refractivity contribution in [2.45, 2.75) is 52.2 Å². The van der Waals surface area contributed by atoms with E-state index in [-0.39, 0.29) is 0 Å². The molecule has 0 nitrogen and oxygen atoms in total. The van der Waals surface area contributed by atoms with Crippen LogP contribution in [0, 0.1) is 6.92 Å². The molecular formula is C24H30Cl2SiZr. The second-order valence-electron chi connectivity index (χ2n) is 8.36. The summed E-state index contributed by atoms with van der Waals surface area (Å²) in [6, 6.07) is 22.3. The van der Waals surface area contributed by atoms with E-state index in [1.165, 1.54) is 42.4 Å². The molecular weight excluding hydrogens is 478 g/mol. The van der Waals surface area contributed by atoms with Crippen molar-refractivity contribution in [1.29, 1.82) is 0 Å². The van der Waals surface area contributed by atoms with E-state index in [1.54, 1.807) is 16.3 Å². The second-order valence-corrected chi connectivity index (χ2v) is 17.2. The second kappa shape index (κ2) is 11.7. The number of rotatable bonds is 2. The molecule has 4 rings (SSSR count). The third-order valence-electron chi connectivity index (χ3n) is 5.13. The first-order valence-electron chi connectivity index (χ1n) is 9.89. The predicted molar refractivity (Wildman–Crippen MR) is 126 cm³/mol. The van der Waals surface area contributed by atoms with E-state index < -0.39 is 28.9 Å². The maximum atomic E-state index is 4.93. The summed E-state index contributed by atoms with van der Waals surface area (Å²) >= 11 is -0.826. The van der Waals surface area contributed by atoms with Gasteiger partial charge in [0.2, 0.25) is 0 Å². The zero-order valence-corrected chi connectivity index (χ0v) is 22.3. The molecule has 1 aliphatic rings. The van der Waals surface area contributed by atoms with Crippen molar-refractivity contribution in [3.8, 4) is 11.1 Å². The molecule has 0 amide bonds. The van der Waals surface area contributed by atoms with Gasteiger partial charge < -0.3 is 0 Å². The van der Waals surface area contributed by atoms with Crippen LogP contribution in [-0.4, -0.2) is 8.07 Å². The van der Waals surface area contributed by atoms with Gasteiger partial charge in [0, 0.05) is 8.07 Å². The fourth-order valence-corrected chi connectivity index (χ4v) is 4.68. The van der Waals surface area contributed by atoms with Crippen molar-refractivity contribution in [3.05, 3.63) is 77.4 Å². The third-order valence-corrected chi connectivity index (χ3v) is 7.19. The van der Waals surface area contributed by atoms with Gasteiger partial charge in [0.15, 0.2) is 0 Å². The van der Waals surface area contributed by atoms with Crippen LogP contribution in [0.4, 0.5) is 0 Å². The van der Waals surface area contributed by atoms with Crippen molar-refractivity contribution >= 4 is 30.3 Å². The Morgan fingerprint density at radius 3 is 2.11 bits per heavy atom. The first kappa shape index (κ1) is 23.9. The number of benzene rings is 1. The summed E-state index contributed by atoms with van der Waals surface area (Å²) in [5.41, 5.74) is 7.27. The summed E-state index contributed by atoms with van der Waals surface area (Å²) in [4.78, 5) is 0. The number of hydrogen-bond donors (Lipinski definition) is 0. The summed E-state index contributed by atoms with van der Waals surface area (Å²) in [6.45, 7) is 9.23. The molecule has 0 spiro atoms. The Kier molecular flexibility index (Phi) is 9.98. The van der Waals surface area contributed by atoms with Crippen LogP contribution >= 0.6 is 17.0 Å². The maximum absolute atomic E-state index is 4.93. The van der Waals surface area contributed by atoms with Crippen LogP contribution in [0.25, 0.3) is 11.1 Å². The van der Waals surface area contributed by atoms with E-state index in [4.69, 9.17) is 17.0 Å². The van der Waals surface area contributed by atoms with Gasteiger partial charge in [0.05, 0.1) is 0 Å². The fourth-order valence-electron chi connectivity index (χ4n) is 3.49. The first-order valence-corrected chi connectivity index (χ1v) is 19.7. The SMILES string of the molecule is C[Si](C)(C)c1cc[cH-]c1.Cc1ccc(-c2cc3c([cH-]2)CCCC3)cc1.[Cl][Zr+2][Cl]. The van der Waals surface area contributed by atoms with E-state index in [9.17, 15) is 0 Å². The monoisotopic (exact) mass is 506 g/mol. The van der Waals surface area contributed by atoms with E-state index >= 15 is 0 Å². The Labute approximate surface area is 190 Å². The summed E-state index contributed by atoms with van der Waals surface area (Å²) < 4.78 is 0. The van der Waals surface area contributed by atoms with Crippen molar-refractivity contribution in [2.75, 3.05) is 0 Å². The van der Waals surface area contributed by atoms with Gasteiger partial charge in [0.1, 0.15) is 0 Å². The minimum atomic E-state index is -0.981. The Bertz CT molecular complexity index is 788. The van der Waals surface area contributed by atoms with Crippen molar-refractivity contribution in [3.63, 3.8) is 0 Å². The van der Waals surface area contributed by atoms with Crippen LogP contribution in [0.3, 0.4) is 0 Å². The van der Waals surface area contributed by atoms with Gasteiger partial charge in [-0.05, 0) is 13.3 Å². The van der Waals surface area contributed by atoms with E-state index in [1.807, 2.05) is 0 Å². The van der Waals surface area contributed by atoms with Gasteiger partial charge >= 0.3 is 37.9 Å². The third kappa shape index (κ3) is 7.45. The average molecular weight is 509 g/mol. The van der Waals surface area contributed by atoms with Crippen molar-refractivity contribution in [1.82, 2.24) is 0 Å². The molecule has 0 radical (unpaired) electrons.